The molecule has 0 aromatic heterocycles. The van der Waals surface area contributed by atoms with Crippen molar-refractivity contribution in [3.63, 3.8) is 0 Å². The maximum Gasteiger partial charge on any atom is 0.0839 e. The molecule has 1 rings (SSSR count). The van der Waals surface area contributed by atoms with Gasteiger partial charge in [0.25, 0.3) is 0 Å². The summed E-state index contributed by atoms with van der Waals surface area (Å²) in [5.41, 5.74) is 0.437. The van der Waals surface area contributed by atoms with E-state index in [0.29, 0.717) is 19.8 Å². The van der Waals surface area contributed by atoms with Crippen molar-refractivity contribution in [2.45, 2.75) is 111 Å². The molecule has 0 amide bonds. The van der Waals surface area contributed by atoms with Crippen molar-refractivity contribution in [3.8, 4) is 0 Å². The molecule has 4 nitrogen and oxygen atoms in total. The lowest BCUT2D eigenvalue weighted by Crippen LogP contribution is -2.42. The third kappa shape index (κ3) is 13.1. The van der Waals surface area contributed by atoms with Gasteiger partial charge in [-0.15, -0.1) is 0 Å². The summed E-state index contributed by atoms with van der Waals surface area (Å²) in [6.07, 6.45) is 1.73. The van der Waals surface area contributed by atoms with Crippen molar-refractivity contribution < 1.29 is 18.9 Å². The number of rotatable bonds is 13. The first kappa shape index (κ1) is 26.1. The smallest absolute Gasteiger partial charge is 0.0839 e. The molecule has 0 radical (unpaired) electrons. The lowest BCUT2D eigenvalue weighted by Gasteiger charge is -2.38. The van der Waals surface area contributed by atoms with Crippen LogP contribution in [0.4, 0.5) is 0 Å². The maximum absolute atomic E-state index is 6.50. The molecule has 0 saturated carbocycles. The fourth-order valence-electron chi connectivity index (χ4n) is 3.41. The number of benzene rings is 1. The van der Waals surface area contributed by atoms with Crippen LogP contribution in [0.1, 0.15) is 80.7 Å². The van der Waals surface area contributed by atoms with Gasteiger partial charge in [0, 0.05) is 13.0 Å². The standard InChI is InChI=1S/C25H44O4/c1-20(2)28-22(19-26-18-21-13-11-10-12-14-21)17-25(8,9)29-24(6,7)15-16-27-23(3,4)5/h10-14,20,22H,15-19H2,1-9H3. The number of hydrogen-bond acceptors (Lipinski definition) is 4. The molecular weight excluding hydrogens is 364 g/mol. The highest BCUT2D eigenvalue weighted by Gasteiger charge is 2.32. The fraction of sp³-hybridized carbons (Fsp3) is 0.760. The number of hydrogen-bond donors (Lipinski definition) is 0. The Labute approximate surface area is 179 Å². The van der Waals surface area contributed by atoms with E-state index < -0.39 is 0 Å². The van der Waals surface area contributed by atoms with Gasteiger partial charge in [-0.3, -0.25) is 0 Å². The van der Waals surface area contributed by atoms with Crippen LogP contribution in [-0.4, -0.2) is 42.2 Å². The quantitative estimate of drug-likeness (QED) is 0.391. The minimum atomic E-state index is -0.332. The average Bonchev–Trinajstić information content (AvgIpc) is 2.52. The molecule has 0 aliphatic carbocycles. The topological polar surface area (TPSA) is 36.9 Å². The summed E-state index contributed by atoms with van der Waals surface area (Å²) in [4.78, 5) is 0. The Morgan fingerprint density at radius 1 is 0.862 bits per heavy atom. The van der Waals surface area contributed by atoms with E-state index >= 15 is 0 Å². The summed E-state index contributed by atoms with van der Waals surface area (Å²) in [6, 6.07) is 10.2. The van der Waals surface area contributed by atoms with Gasteiger partial charge in [0.15, 0.2) is 0 Å². The molecule has 1 aromatic carbocycles. The molecule has 0 heterocycles. The second kappa shape index (κ2) is 11.5. The van der Waals surface area contributed by atoms with Crippen molar-refractivity contribution in [3.05, 3.63) is 35.9 Å². The molecule has 1 atom stereocenters. The Hall–Kier alpha value is -0.940. The zero-order chi connectivity index (χ0) is 22.1. The second-order valence-electron chi connectivity index (χ2n) is 10.3. The van der Waals surface area contributed by atoms with E-state index in [1.165, 1.54) is 5.56 Å². The largest absolute Gasteiger partial charge is 0.376 e. The summed E-state index contributed by atoms with van der Waals surface area (Å²) >= 11 is 0. The summed E-state index contributed by atoms with van der Waals surface area (Å²) in [5, 5.41) is 0. The number of ether oxygens (including phenoxy) is 4. The zero-order valence-electron chi connectivity index (χ0n) is 20.2. The van der Waals surface area contributed by atoms with Gasteiger partial charge >= 0.3 is 0 Å². The van der Waals surface area contributed by atoms with Crippen molar-refractivity contribution in [2.24, 2.45) is 0 Å². The predicted octanol–water partition coefficient (Wildman–Crippen LogP) is 6.17. The normalized spacial score (nSPS) is 14.4. The zero-order valence-corrected chi connectivity index (χ0v) is 20.2. The highest BCUT2D eigenvalue weighted by atomic mass is 16.5. The van der Waals surface area contributed by atoms with E-state index in [2.05, 4.69) is 74.4 Å². The molecular formula is C25H44O4. The molecule has 0 saturated heterocycles. The van der Waals surface area contributed by atoms with Crippen LogP contribution < -0.4 is 0 Å². The molecule has 0 aliphatic rings. The van der Waals surface area contributed by atoms with E-state index in [1.54, 1.807) is 0 Å². The van der Waals surface area contributed by atoms with E-state index in [1.807, 2.05) is 18.2 Å². The third-order valence-corrected chi connectivity index (χ3v) is 4.39. The van der Waals surface area contributed by atoms with Crippen LogP contribution in [0.5, 0.6) is 0 Å². The van der Waals surface area contributed by atoms with Gasteiger partial charge in [0.05, 0.1) is 42.2 Å². The summed E-state index contributed by atoms with van der Waals surface area (Å²) in [7, 11) is 0. The van der Waals surface area contributed by atoms with Gasteiger partial charge in [0.2, 0.25) is 0 Å². The van der Waals surface area contributed by atoms with Gasteiger partial charge in [-0.2, -0.15) is 0 Å². The monoisotopic (exact) mass is 408 g/mol. The molecule has 29 heavy (non-hydrogen) atoms. The Balaban J connectivity index is 2.57. The Bertz CT molecular complexity index is 558. The van der Waals surface area contributed by atoms with Crippen LogP contribution in [0.15, 0.2) is 30.3 Å². The van der Waals surface area contributed by atoms with Crippen molar-refractivity contribution in [2.75, 3.05) is 13.2 Å². The van der Waals surface area contributed by atoms with E-state index in [0.717, 1.165) is 12.8 Å². The van der Waals surface area contributed by atoms with Crippen LogP contribution in [-0.2, 0) is 25.6 Å². The highest BCUT2D eigenvalue weighted by molar-refractivity contribution is 5.13. The summed E-state index contributed by atoms with van der Waals surface area (Å²) in [6.45, 7) is 20.7. The molecule has 0 fully saturated rings. The molecule has 4 heteroatoms. The van der Waals surface area contributed by atoms with Crippen LogP contribution in [0.25, 0.3) is 0 Å². The first-order chi connectivity index (χ1) is 13.3. The van der Waals surface area contributed by atoms with Crippen molar-refractivity contribution in [1.82, 2.24) is 0 Å². The predicted molar refractivity (Wildman–Crippen MR) is 120 cm³/mol. The summed E-state index contributed by atoms with van der Waals surface area (Å²) < 4.78 is 24.5. The van der Waals surface area contributed by atoms with Crippen molar-refractivity contribution in [1.29, 1.82) is 0 Å². The minimum Gasteiger partial charge on any atom is -0.376 e. The molecule has 1 unspecified atom stereocenters. The molecule has 0 N–H and O–H groups in total. The summed E-state index contributed by atoms with van der Waals surface area (Å²) in [5.74, 6) is 0. The average molecular weight is 409 g/mol. The maximum atomic E-state index is 6.50. The van der Waals surface area contributed by atoms with Crippen LogP contribution in [0, 0.1) is 0 Å². The van der Waals surface area contributed by atoms with E-state index in [-0.39, 0.29) is 29.0 Å². The van der Waals surface area contributed by atoms with Crippen LogP contribution in [0.3, 0.4) is 0 Å². The first-order valence-corrected chi connectivity index (χ1v) is 10.9. The van der Waals surface area contributed by atoms with Gasteiger partial charge in [-0.1, -0.05) is 30.3 Å². The Morgan fingerprint density at radius 3 is 2.03 bits per heavy atom. The third-order valence-electron chi connectivity index (χ3n) is 4.39. The molecule has 168 valence electrons. The van der Waals surface area contributed by atoms with Crippen molar-refractivity contribution >= 4 is 0 Å². The van der Waals surface area contributed by atoms with Gasteiger partial charge in [-0.25, -0.2) is 0 Å². The first-order valence-electron chi connectivity index (χ1n) is 10.9. The molecule has 0 aliphatic heterocycles. The Kier molecular flexibility index (Phi) is 10.3. The van der Waals surface area contributed by atoms with E-state index in [4.69, 9.17) is 18.9 Å². The fourth-order valence-corrected chi connectivity index (χ4v) is 3.41. The van der Waals surface area contributed by atoms with Gasteiger partial charge in [0.1, 0.15) is 0 Å². The van der Waals surface area contributed by atoms with Gasteiger partial charge in [-0.05, 0) is 74.3 Å². The molecule has 0 spiro atoms. The molecule has 1 aromatic rings. The highest BCUT2D eigenvalue weighted by Crippen LogP contribution is 2.28. The Morgan fingerprint density at radius 2 is 1.48 bits per heavy atom. The molecule has 0 bridgehead atoms. The second-order valence-corrected chi connectivity index (χ2v) is 10.3. The SMILES string of the molecule is CC(C)OC(COCc1ccccc1)CC(C)(C)OC(C)(C)CCOC(C)(C)C. The van der Waals surface area contributed by atoms with Crippen LogP contribution in [0.2, 0.25) is 0 Å². The lowest BCUT2D eigenvalue weighted by molar-refractivity contribution is -0.163. The minimum absolute atomic E-state index is 0.0182. The van der Waals surface area contributed by atoms with Gasteiger partial charge < -0.3 is 18.9 Å². The van der Waals surface area contributed by atoms with E-state index in [9.17, 15) is 0 Å². The van der Waals surface area contributed by atoms with Crippen LogP contribution >= 0.6 is 0 Å². The lowest BCUT2D eigenvalue weighted by atomic mass is 9.97.